The van der Waals surface area contributed by atoms with Gasteiger partial charge in [0, 0.05) is 24.0 Å². The second kappa shape index (κ2) is 10.8. The van der Waals surface area contributed by atoms with Crippen molar-refractivity contribution in [3.63, 3.8) is 0 Å². The Kier molecular flexibility index (Phi) is 7.35. The Morgan fingerprint density at radius 1 is 0.889 bits per heavy atom. The van der Waals surface area contributed by atoms with Crippen molar-refractivity contribution in [1.29, 1.82) is 0 Å². The van der Waals surface area contributed by atoms with E-state index in [0.29, 0.717) is 12.6 Å². The molecule has 0 amide bonds. The van der Waals surface area contributed by atoms with Gasteiger partial charge in [0.05, 0.1) is 11.6 Å². The van der Waals surface area contributed by atoms with E-state index in [-0.39, 0.29) is 5.56 Å². The van der Waals surface area contributed by atoms with Gasteiger partial charge in [-0.3, -0.25) is 4.79 Å². The van der Waals surface area contributed by atoms with Gasteiger partial charge in [0.2, 0.25) is 5.56 Å². The molecule has 0 radical (unpaired) electrons. The van der Waals surface area contributed by atoms with E-state index in [4.69, 9.17) is 0 Å². The van der Waals surface area contributed by atoms with Crippen LogP contribution in [0.25, 0.3) is 10.9 Å². The van der Waals surface area contributed by atoms with E-state index in [1.54, 1.807) is 6.07 Å². The second-order valence-corrected chi connectivity index (χ2v) is 10.0. The molecule has 0 spiro atoms. The van der Waals surface area contributed by atoms with Crippen LogP contribution in [0.2, 0.25) is 0 Å². The van der Waals surface area contributed by atoms with Crippen LogP contribution >= 0.6 is 0 Å². The minimum atomic E-state index is -0.650. The van der Waals surface area contributed by atoms with Crippen LogP contribution in [0.4, 0.5) is 0 Å². The van der Waals surface area contributed by atoms with Gasteiger partial charge in [0.25, 0.3) is 0 Å². The summed E-state index contributed by atoms with van der Waals surface area (Å²) in [5.41, 5.74) is 9.76. The summed E-state index contributed by atoms with van der Waals surface area (Å²) >= 11 is 0. The highest BCUT2D eigenvalue weighted by Crippen LogP contribution is 2.29. The Hall–Kier alpha value is -3.21. The fourth-order valence-electron chi connectivity index (χ4n) is 5.72. The lowest BCUT2D eigenvalue weighted by Gasteiger charge is -2.19. The van der Waals surface area contributed by atoms with Crippen LogP contribution in [0.1, 0.15) is 58.9 Å². The first kappa shape index (κ1) is 24.5. The highest BCUT2D eigenvalue weighted by atomic mass is 16.3. The second-order valence-electron chi connectivity index (χ2n) is 10.0. The van der Waals surface area contributed by atoms with Gasteiger partial charge < -0.3 is 15.4 Å². The monoisotopic (exact) mass is 480 g/mol. The molecule has 0 unspecified atom stereocenters. The molecule has 0 aliphatic heterocycles. The summed E-state index contributed by atoms with van der Waals surface area (Å²) in [6.45, 7) is 4.94. The largest absolute Gasteiger partial charge is 0.387 e. The van der Waals surface area contributed by atoms with Gasteiger partial charge in [-0.1, -0.05) is 68.4 Å². The average Bonchev–Trinajstić information content (AvgIpc) is 3.31. The van der Waals surface area contributed by atoms with Crippen molar-refractivity contribution >= 4 is 10.9 Å². The predicted molar refractivity (Wildman–Crippen MR) is 148 cm³/mol. The maximum atomic E-state index is 12.2. The third kappa shape index (κ3) is 5.16. The van der Waals surface area contributed by atoms with Crippen LogP contribution in [-0.2, 0) is 38.5 Å². The lowest BCUT2D eigenvalue weighted by molar-refractivity contribution is 0.171. The first-order chi connectivity index (χ1) is 17.6. The van der Waals surface area contributed by atoms with Gasteiger partial charge in [-0.05, 0) is 83.5 Å². The summed E-state index contributed by atoms with van der Waals surface area (Å²) in [6.07, 6.45) is 5.24. The van der Waals surface area contributed by atoms with Crippen LogP contribution in [0.15, 0.2) is 71.5 Å². The van der Waals surface area contributed by atoms with Crippen LogP contribution < -0.4 is 10.9 Å². The molecule has 3 N–H and O–H groups in total. The van der Waals surface area contributed by atoms with E-state index in [0.717, 1.165) is 60.6 Å². The van der Waals surface area contributed by atoms with Crippen molar-refractivity contribution in [3.8, 4) is 0 Å². The number of rotatable bonds is 9. The molecule has 4 heteroatoms. The van der Waals surface area contributed by atoms with E-state index >= 15 is 0 Å². The number of aryl methyl sites for hydroxylation is 4. The number of hydrogen-bond donors (Lipinski definition) is 3. The van der Waals surface area contributed by atoms with E-state index in [1.165, 1.54) is 27.8 Å². The molecule has 4 nitrogen and oxygen atoms in total. The number of fused-ring (bicyclic) bond motifs is 2. The van der Waals surface area contributed by atoms with Gasteiger partial charge in [0.15, 0.2) is 0 Å². The topological polar surface area (TPSA) is 65.1 Å². The van der Waals surface area contributed by atoms with Crippen molar-refractivity contribution in [2.45, 2.75) is 64.5 Å². The number of aromatic nitrogens is 1. The quantitative estimate of drug-likeness (QED) is 0.307. The minimum absolute atomic E-state index is 0.116. The predicted octanol–water partition coefficient (Wildman–Crippen LogP) is 5.23. The zero-order chi connectivity index (χ0) is 25.1. The van der Waals surface area contributed by atoms with Crippen molar-refractivity contribution in [2.24, 2.45) is 0 Å². The smallest absolute Gasteiger partial charge is 0.248 e. The molecular formula is C32H36N2O2. The molecule has 4 aromatic rings. The van der Waals surface area contributed by atoms with E-state index < -0.39 is 6.10 Å². The van der Waals surface area contributed by atoms with Gasteiger partial charge in [-0.15, -0.1) is 0 Å². The number of hydrogen-bond acceptors (Lipinski definition) is 3. The lowest BCUT2D eigenvalue weighted by Crippen LogP contribution is -2.33. The molecule has 1 aromatic heterocycles. The molecule has 3 aromatic carbocycles. The summed E-state index contributed by atoms with van der Waals surface area (Å²) in [5, 5.41) is 15.7. The van der Waals surface area contributed by atoms with Crippen molar-refractivity contribution in [1.82, 2.24) is 10.3 Å². The molecule has 5 rings (SSSR count). The van der Waals surface area contributed by atoms with Gasteiger partial charge >= 0.3 is 0 Å². The number of aromatic amines is 1. The summed E-state index contributed by atoms with van der Waals surface area (Å²) < 4.78 is 0. The summed E-state index contributed by atoms with van der Waals surface area (Å²) in [7, 11) is 0. The summed E-state index contributed by atoms with van der Waals surface area (Å²) in [4.78, 5) is 15.2. The average molecular weight is 481 g/mol. The van der Waals surface area contributed by atoms with Gasteiger partial charge in [0.1, 0.15) is 0 Å². The van der Waals surface area contributed by atoms with Crippen LogP contribution in [-0.4, -0.2) is 22.7 Å². The Morgan fingerprint density at radius 2 is 1.58 bits per heavy atom. The number of H-pyrrole nitrogens is 1. The fourth-order valence-corrected chi connectivity index (χ4v) is 5.72. The van der Waals surface area contributed by atoms with Gasteiger partial charge in [-0.25, -0.2) is 0 Å². The van der Waals surface area contributed by atoms with Crippen molar-refractivity contribution < 1.29 is 5.11 Å². The zero-order valence-corrected chi connectivity index (χ0v) is 21.3. The van der Waals surface area contributed by atoms with Crippen LogP contribution in [0.5, 0.6) is 0 Å². The third-order valence-electron chi connectivity index (χ3n) is 7.72. The fraction of sp³-hybridized carbons (Fsp3) is 0.344. The normalized spacial score (nSPS) is 14.3. The Bertz CT molecular complexity index is 1370. The van der Waals surface area contributed by atoms with E-state index in [9.17, 15) is 9.90 Å². The molecule has 0 saturated carbocycles. The lowest BCUT2D eigenvalue weighted by atomic mass is 9.96. The summed E-state index contributed by atoms with van der Waals surface area (Å²) in [6, 6.07) is 23.0. The highest BCUT2D eigenvalue weighted by Gasteiger charge is 2.24. The van der Waals surface area contributed by atoms with Gasteiger partial charge in [-0.2, -0.15) is 0 Å². The number of pyridine rings is 1. The van der Waals surface area contributed by atoms with Crippen molar-refractivity contribution in [3.05, 3.63) is 116 Å². The summed E-state index contributed by atoms with van der Waals surface area (Å²) in [5.74, 6) is 0. The molecule has 186 valence electrons. The molecule has 1 aliphatic rings. The zero-order valence-electron chi connectivity index (χ0n) is 21.3. The molecule has 0 saturated heterocycles. The first-order valence-electron chi connectivity index (χ1n) is 13.3. The highest BCUT2D eigenvalue weighted by molar-refractivity contribution is 5.85. The van der Waals surface area contributed by atoms with Crippen molar-refractivity contribution in [2.75, 3.05) is 6.54 Å². The Balaban J connectivity index is 1.30. The number of aliphatic hydroxyl groups excluding tert-OH is 1. The Labute approximate surface area is 213 Å². The molecule has 0 bridgehead atoms. The van der Waals surface area contributed by atoms with Crippen LogP contribution in [0, 0.1) is 0 Å². The van der Waals surface area contributed by atoms with E-state index in [2.05, 4.69) is 66.6 Å². The SMILES string of the molecule is CCc1cc2c(cc1CC)CC(NC[C@H](O)c1ccc(CCc3ccccc3)c3[nH]c(=O)ccc13)C2. The Morgan fingerprint density at radius 3 is 2.25 bits per heavy atom. The van der Waals surface area contributed by atoms with Crippen LogP contribution in [0.3, 0.4) is 0 Å². The molecule has 1 atom stereocenters. The standard InChI is InChI=1S/C32H36N2O2/c1-3-22-16-25-18-27(19-26(25)17-23(22)4-2)33-20-30(35)28-13-12-24(11-10-21-8-6-5-7-9-21)32-29(28)14-15-31(36)34-32/h5-9,12-17,27,30,33,35H,3-4,10-11,18-20H2,1-2H3,(H,34,36)/t30-/m0/s1. The molecule has 1 aliphatic carbocycles. The molecule has 36 heavy (non-hydrogen) atoms. The molecular weight excluding hydrogens is 444 g/mol. The number of benzene rings is 3. The third-order valence-corrected chi connectivity index (χ3v) is 7.72. The number of nitrogens with one attached hydrogen (secondary N) is 2. The molecule has 0 fully saturated rings. The first-order valence-corrected chi connectivity index (χ1v) is 13.3. The minimum Gasteiger partial charge on any atom is -0.387 e. The maximum absolute atomic E-state index is 12.2. The maximum Gasteiger partial charge on any atom is 0.248 e. The molecule has 1 heterocycles. The van der Waals surface area contributed by atoms with E-state index in [1.807, 2.05) is 18.2 Å². The number of aliphatic hydroxyl groups is 1.